The summed E-state index contributed by atoms with van der Waals surface area (Å²) in [7, 11) is 0. The molecule has 3 rings (SSSR count). The Kier molecular flexibility index (Phi) is 3.75. The molecule has 1 aromatic carbocycles. The summed E-state index contributed by atoms with van der Waals surface area (Å²) in [6.07, 6.45) is 3.28. The summed E-state index contributed by atoms with van der Waals surface area (Å²) in [5.41, 5.74) is 2.36. The number of fused-ring (bicyclic) bond motifs is 1. The van der Waals surface area contributed by atoms with E-state index >= 15 is 0 Å². The van der Waals surface area contributed by atoms with Crippen LogP contribution in [0.5, 0.6) is 5.75 Å². The van der Waals surface area contributed by atoms with Crippen molar-refractivity contribution in [3.8, 4) is 11.8 Å². The molecule has 0 aliphatic rings. The molecule has 0 aliphatic carbocycles. The predicted molar refractivity (Wildman–Crippen MR) is 80.3 cm³/mol. The van der Waals surface area contributed by atoms with Gasteiger partial charge in [-0.05, 0) is 36.9 Å². The number of nitriles is 1. The minimum Gasteiger partial charge on any atom is -0.494 e. The molecule has 1 N–H and O–H groups in total. The molecule has 0 unspecified atom stereocenters. The Morgan fingerprint density at radius 1 is 1.38 bits per heavy atom. The van der Waals surface area contributed by atoms with Gasteiger partial charge < -0.3 is 9.72 Å². The third kappa shape index (κ3) is 2.83. The number of benzene rings is 1. The zero-order valence-electron chi connectivity index (χ0n) is 11.3. The molecule has 0 atom stereocenters. The molecule has 6 heteroatoms. The molecule has 0 fully saturated rings. The van der Waals surface area contributed by atoms with E-state index in [2.05, 4.69) is 21.0 Å². The van der Waals surface area contributed by atoms with Crippen LogP contribution in [0.4, 0.5) is 0 Å². The lowest BCUT2D eigenvalue weighted by Gasteiger charge is -2.00. The van der Waals surface area contributed by atoms with E-state index in [1.54, 1.807) is 18.5 Å². The molecule has 3 aromatic rings. The molecular formula is C15H12N4OS. The first-order valence-corrected chi connectivity index (χ1v) is 7.26. The zero-order chi connectivity index (χ0) is 14.7. The largest absolute Gasteiger partial charge is 0.494 e. The zero-order valence-corrected chi connectivity index (χ0v) is 12.1. The molecule has 0 spiro atoms. The van der Waals surface area contributed by atoms with Gasteiger partial charge in [0.2, 0.25) is 0 Å². The molecule has 104 valence electrons. The summed E-state index contributed by atoms with van der Waals surface area (Å²) in [6, 6.07) is 9.57. The van der Waals surface area contributed by atoms with Crippen molar-refractivity contribution in [3.05, 3.63) is 42.2 Å². The summed E-state index contributed by atoms with van der Waals surface area (Å²) in [4.78, 5) is 12.6. The number of nitrogens with zero attached hydrogens (tertiary/aromatic N) is 3. The van der Waals surface area contributed by atoms with Crippen LogP contribution in [0.1, 0.15) is 12.5 Å². The number of hydrogen-bond donors (Lipinski definition) is 1. The number of ether oxygens (including phenoxy) is 1. The van der Waals surface area contributed by atoms with E-state index in [1.807, 2.05) is 25.1 Å². The second-order valence-electron chi connectivity index (χ2n) is 4.24. The van der Waals surface area contributed by atoms with Crippen molar-refractivity contribution in [2.75, 3.05) is 6.61 Å². The maximum Gasteiger partial charge on any atom is 0.171 e. The van der Waals surface area contributed by atoms with Crippen molar-refractivity contribution in [1.82, 2.24) is 15.0 Å². The fourth-order valence-corrected chi connectivity index (χ4v) is 2.78. The van der Waals surface area contributed by atoms with Crippen LogP contribution in [0.15, 0.2) is 46.7 Å². The Balaban J connectivity index is 1.93. The summed E-state index contributed by atoms with van der Waals surface area (Å²) in [5.74, 6) is 0.810. The van der Waals surface area contributed by atoms with Crippen LogP contribution in [0.25, 0.3) is 11.0 Å². The Labute approximate surface area is 126 Å². The molecule has 2 aromatic heterocycles. The third-order valence-electron chi connectivity index (χ3n) is 2.85. The number of pyridine rings is 1. The predicted octanol–water partition coefficient (Wildman–Crippen LogP) is 3.38. The lowest BCUT2D eigenvalue weighted by Crippen LogP contribution is -1.90. The standard InChI is InChI=1S/C15H12N4OS/c1-2-20-11-3-4-12-13(7-11)19-15(18-12)21-14-9-17-6-5-10(14)8-16/h3-7,9H,2H2,1H3,(H,18,19). The number of rotatable bonds is 4. The third-order valence-corrected chi connectivity index (χ3v) is 3.79. The fourth-order valence-electron chi connectivity index (χ4n) is 1.93. The normalized spacial score (nSPS) is 10.5. The summed E-state index contributed by atoms with van der Waals surface area (Å²) >= 11 is 1.39. The summed E-state index contributed by atoms with van der Waals surface area (Å²) in [5, 5.41) is 9.82. The molecule has 0 radical (unpaired) electrons. The number of H-pyrrole nitrogens is 1. The first kappa shape index (κ1) is 13.5. The Hall–Kier alpha value is -2.52. The molecule has 21 heavy (non-hydrogen) atoms. The first-order chi connectivity index (χ1) is 10.3. The average Bonchev–Trinajstić information content (AvgIpc) is 2.89. The van der Waals surface area contributed by atoms with E-state index in [1.165, 1.54) is 11.8 Å². The fraction of sp³-hybridized carbons (Fsp3) is 0.133. The van der Waals surface area contributed by atoms with Crippen LogP contribution >= 0.6 is 11.8 Å². The van der Waals surface area contributed by atoms with E-state index in [-0.39, 0.29) is 0 Å². The van der Waals surface area contributed by atoms with Crippen LogP contribution in [-0.4, -0.2) is 21.6 Å². The van der Waals surface area contributed by atoms with Gasteiger partial charge in [-0.3, -0.25) is 4.98 Å². The van der Waals surface area contributed by atoms with Crippen LogP contribution in [-0.2, 0) is 0 Å². The number of nitrogens with one attached hydrogen (secondary N) is 1. The van der Waals surface area contributed by atoms with E-state index in [9.17, 15) is 0 Å². The molecule has 2 heterocycles. The van der Waals surface area contributed by atoms with Crippen LogP contribution in [0.2, 0.25) is 0 Å². The maximum atomic E-state index is 9.09. The van der Waals surface area contributed by atoms with Gasteiger partial charge in [0, 0.05) is 18.5 Å². The van der Waals surface area contributed by atoms with Gasteiger partial charge in [-0.25, -0.2) is 4.98 Å². The SMILES string of the molecule is CCOc1ccc2nc(Sc3cnccc3C#N)[nH]c2c1. The molecule has 0 aliphatic heterocycles. The van der Waals surface area contributed by atoms with Gasteiger partial charge in [-0.1, -0.05) is 0 Å². The highest BCUT2D eigenvalue weighted by Gasteiger charge is 2.09. The Morgan fingerprint density at radius 3 is 3.10 bits per heavy atom. The quantitative estimate of drug-likeness (QED) is 0.799. The average molecular weight is 296 g/mol. The highest BCUT2D eigenvalue weighted by molar-refractivity contribution is 7.99. The van der Waals surface area contributed by atoms with Gasteiger partial charge in [0.15, 0.2) is 5.16 Å². The molecule has 0 amide bonds. The highest BCUT2D eigenvalue weighted by Crippen LogP contribution is 2.30. The molecular weight excluding hydrogens is 284 g/mol. The lowest BCUT2D eigenvalue weighted by molar-refractivity contribution is 0.340. The van der Waals surface area contributed by atoms with Crippen molar-refractivity contribution in [2.45, 2.75) is 17.0 Å². The molecule has 0 bridgehead atoms. The second kappa shape index (κ2) is 5.85. The van der Waals surface area contributed by atoms with Crippen LogP contribution in [0, 0.1) is 11.3 Å². The van der Waals surface area contributed by atoms with Crippen molar-refractivity contribution < 1.29 is 4.74 Å². The molecule has 0 saturated heterocycles. The van der Waals surface area contributed by atoms with Crippen molar-refractivity contribution in [3.63, 3.8) is 0 Å². The minimum atomic E-state index is 0.588. The van der Waals surface area contributed by atoms with Crippen LogP contribution in [0.3, 0.4) is 0 Å². The molecule has 5 nitrogen and oxygen atoms in total. The van der Waals surface area contributed by atoms with E-state index in [4.69, 9.17) is 10.00 Å². The summed E-state index contributed by atoms with van der Waals surface area (Å²) < 4.78 is 5.47. The smallest absolute Gasteiger partial charge is 0.171 e. The van der Waals surface area contributed by atoms with Gasteiger partial charge in [-0.2, -0.15) is 5.26 Å². The van der Waals surface area contributed by atoms with Crippen molar-refractivity contribution in [1.29, 1.82) is 5.26 Å². The van der Waals surface area contributed by atoms with Gasteiger partial charge in [0.25, 0.3) is 0 Å². The maximum absolute atomic E-state index is 9.09. The number of hydrogen-bond acceptors (Lipinski definition) is 5. The Morgan fingerprint density at radius 2 is 2.29 bits per heavy atom. The van der Waals surface area contributed by atoms with E-state index in [0.29, 0.717) is 12.2 Å². The van der Waals surface area contributed by atoms with E-state index in [0.717, 1.165) is 26.8 Å². The van der Waals surface area contributed by atoms with Gasteiger partial charge in [0.1, 0.15) is 11.8 Å². The Bertz CT molecular complexity index is 822. The second-order valence-corrected chi connectivity index (χ2v) is 5.27. The number of aromatic amines is 1. The van der Waals surface area contributed by atoms with Gasteiger partial charge in [-0.15, -0.1) is 0 Å². The van der Waals surface area contributed by atoms with Crippen molar-refractivity contribution in [2.24, 2.45) is 0 Å². The van der Waals surface area contributed by atoms with Gasteiger partial charge in [0.05, 0.1) is 28.1 Å². The lowest BCUT2D eigenvalue weighted by atomic mass is 10.3. The van der Waals surface area contributed by atoms with Crippen molar-refractivity contribution >= 4 is 22.8 Å². The van der Waals surface area contributed by atoms with E-state index < -0.39 is 0 Å². The highest BCUT2D eigenvalue weighted by atomic mass is 32.2. The first-order valence-electron chi connectivity index (χ1n) is 6.44. The minimum absolute atomic E-state index is 0.588. The molecule has 0 saturated carbocycles. The number of imidazole rings is 1. The van der Waals surface area contributed by atoms with Gasteiger partial charge >= 0.3 is 0 Å². The monoisotopic (exact) mass is 296 g/mol. The topological polar surface area (TPSA) is 74.6 Å². The number of aromatic nitrogens is 3. The summed E-state index contributed by atoms with van der Waals surface area (Å²) in [6.45, 7) is 2.58. The van der Waals surface area contributed by atoms with Crippen LogP contribution < -0.4 is 4.74 Å².